The van der Waals surface area contributed by atoms with Crippen molar-refractivity contribution in [2.45, 2.75) is 90.8 Å². The molecule has 0 aromatic heterocycles. The fraction of sp³-hybridized carbons (Fsp3) is 0.833. The summed E-state index contributed by atoms with van der Waals surface area (Å²) >= 11 is 0. The van der Waals surface area contributed by atoms with Crippen LogP contribution in [-0.2, 0) is 4.74 Å². The number of carbonyl (C=O) groups excluding carboxylic acids is 1. The fourth-order valence-electron chi connectivity index (χ4n) is 3.62. The van der Waals surface area contributed by atoms with E-state index in [0.29, 0.717) is 6.04 Å². The van der Waals surface area contributed by atoms with E-state index in [1.54, 1.807) is 5.57 Å². The molecule has 2 bridgehead atoms. The van der Waals surface area contributed by atoms with Crippen LogP contribution in [0.4, 0.5) is 4.79 Å². The smallest absolute Gasteiger partial charge is 0.411 e. The van der Waals surface area contributed by atoms with E-state index in [0.717, 1.165) is 25.2 Å². The van der Waals surface area contributed by atoms with Crippen LogP contribution in [0.15, 0.2) is 11.6 Å². The van der Waals surface area contributed by atoms with Crippen LogP contribution in [0.3, 0.4) is 0 Å². The quantitative estimate of drug-likeness (QED) is 0.689. The summed E-state index contributed by atoms with van der Waals surface area (Å²) in [6, 6.07) is 0.627. The number of fused-ring (bicyclic) bond motifs is 2. The third-order valence-electron chi connectivity index (χ3n) is 4.78. The molecule has 2 aliphatic heterocycles. The summed E-state index contributed by atoms with van der Waals surface area (Å²) in [6.07, 6.45) is 9.19. The maximum Gasteiger partial charge on any atom is 0.411 e. The molecule has 1 fully saturated rings. The van der Waals surface area contributed by atoms with Crippen molar-refractivity contribution in [1.82, 2.24) is 4.90 Å². The second-order valence-corrected chi connectivity index (χ2v) is 7.60. The van der Waals surface area contributed by atoms with Gasteiger partial charge in [-0.3, -0.25) is 4.90 Å². The first-order chi connectivity index (χ1) is 9.84. The van der Waals surface area contributed by atoms with E-state index in [1.165, 1.54) is 19.3 Å². The number of rotatable bonds is 4. The highest BCUT2D eigenvalue weighted by Gasteiger charge is 2.41. The van der Waals surface area contributed by atoms with Gasteiger partial charge in [0.25, 0.3) is 0 Å². The van der Waals surface area contributed by atoms with Gasteiger partial charge in [0.1, 0.15) is 5.60 Å². The van der Waals surface area contributed by atoms with Crippen molar-refractivity contribution in [3.63, 3.8) is 0 Å². The molecule has 120 valence electrons. The van der Waals surface area contributed by atoms with E-state index < -0.39 is 5.60 Å². The topological polar surface area (TPSA) is 29.5 Å². The molecule has 0 aliphatic carbocycles. The first-order valence-electron chi connectivity index (χ1n) is 8.55. The molecule has 3 nitrogen and oxygen atoms in total. The predicted molar refractivity (Wildman–Crippen MR) is 86.3 cm³/mol. The van der Waals surface area contributed by atoms with Gasteiger partial charge >= 0.3 is 6.09 Å². The first-order valence-corrected chi connectivity index (χ1v) is 8.55. The third-order valence-corrected chi connectivity index (χ3v) is 4.78. The highest BCUT2D eigenvalue weighted by atomic mass is 16.6. The standard InChI is InChI=1S/C18H31NO2/c1-6-13(7-2)10-14-11-15-8-9-16(12-14)19(15)17(20)21-18(3,4)5/h11,13,15-16H,6-10,12H2,1-5H3. The van der Waals surface area contributed by atoms with Gasteiger partial charge in [-0.25, -0.2) is 4.79 Å². The molecule has 2 heterocycles. The lowest BCUT2D eigenvalue weighted by molar-refractivity contribution is 0.0165. The molecule has 2 unspecified atom stereocenters. The lowest BCUT2D eigenvalue weighted by atomic mass is 9.89. The molecule has 1 amide bonds. The summed E-state index contributed by atoms with van der Waals surface area (Å²) in [5.41, 5.74) is 1.16. The van der Waals surface area contributed by atoms with E-state index in [4.69, 9.17) is 4.74 Å². The van der Waals surface area contributed by atoms with Gasteiger partial charge in [0.05, 0.1) is 6.04 Å². The van der Waals surface area contributed by atoms with Crippen LogP contribution in [0.1, 0.15) is 73.1 Å². The molecule has 0 N–H and O–H groups in total. The molecule has 0 radical (unpaired) electrons. The molecule has 3 heteroatoms. The Morgan fingerprint density at radius 2 is 2.00 bits per heavy atom. The summed E-state index contributed by atoms with van der Waals surface area (Å²) in [4.78, 5) is 14.4. The number of carbonyl (C=O) groups is 1. The van der Waals surface area contributed by atoms with Crippen molar-refractivity contribution in [3.8, 4) is 0 Å². The van der Waals surface area contributed by atoms with Gasteiger partial charge < -0.3 is 4.74 Å². The number of ether oxygens (including phenoxy) is 1. The Kier molecular flexibility index (Phi) is 5.00. The minimum absolute atomic E-state index is 0.132. The van der Waals surface area contributed by atoms with Crippen LogP contribution >= 0.6 is 0 Å². The number of hydrogen-bond donors (Lipinski definition) is 0. The Hall–Kier alpha value is -0.990. The predicted octanol–water partition coefficient (Wildman–Crippen LogP) is 4.91. The van der Waals surface area contributed by atoms with Crippen molar-refractivity contribution >= 4 is 6.09 Å². The molecule has 0 aromatic rings. The SMILES string of the molecule is CCC(CC)CC1=CC2CCC(C1)N2C(=O)OC(C)(C)C. The van der Waals surface area contributed by atoms with Crippen LogP contribution in [-0.4, -0.2) is 28.7 Å². The molecule has 0 saturated carbocycles. The largest absolute Gasteiger partial charge is 0.444 e. The molecular weight excluding hydrogens is 262 g/mol. The van der Waals surface area contributed by atoms with Crippen LogP contribution in [0.5, 0.6) is 0 Å². The zero-order chi connectivity index (χ0) is 15.6. The van der Waals surface area contributed by atoms with Gasteiger partial charge in [0, 0.05) is 6.04 Å². The van der Waals surface area contributed by atoms with Crippen molar-refractivity contribution in [2.24, 2.45) is 5.92 Å². The van der Waals surface area contributed by atoms with Crippen molar-refractivity contribution in [2.75, 3.05) is 0 Å². The Labute approximate surface area is 129 Å². The molecule has 21 heavy (non-hydrogen) atoms. The van der Waals surface area contributed by atoms with Crippen molar-refractivity contribution in [1.29, 1.82) is 0 Å². The van der Waals surface area contributed by atoms with E-state index in [1.807, 2.05) is 25.7 Å². The summed E-state index contributed by atoms with van der Waals surface area (Å²) in [7, 11) is 0. The zero-order valence-corrected chi connectivity index (χ0v) is 14.3. The molecule has 2 rings (SSSR count). The van der Waals surface area contributed by atoms with Crippen LogP contribution in [0.2, 0.25) is 0 Å². The Balaban J connectivity index is 2.03. The highest BCUT2D eigenvalue weighted by molar-refractivity contribution is 5.70. The summed E-state index contributed by atoms with van der Waals surface area (Å²) in [5.74, 6) is 0.795. The Bertz CT molecular complexity index is 404. The lowest BCUT2D eigenvalue weighted by Crippen LogP contribution is -2.45. The number of hydrogen-bond acceptors (Lipinski definition) is 2. The molecule has 2 aliphatic rings. The van der Waals surface area contributed by atoms with E-state index in [9.17, 15) is 4.79 Å². The Morgan fingerprint density at radius 1 is 1.33 bits per heavy atom. The molecular formula is C18H31NO2. The molecule has 2 atom stereocenters. The van der Waals surface area contributed by atoms with Gasteiger partial charge in [-0.1, -0.05) is 38.3 Å². The van der Waals surface area contributed by atoms with Crippen LogP contribution in [0.25, 0.3) is 0 Å². The van der Waals surface area contributed by atoms with Gasteiger partial charge in [0.15, 0.2) is 0 Å². The molecule has 0 spiro atoms. The normalized spacial score (nSPS) is 25.2. The van der Waals surface area contributed by atoms with E-state index >= 15 is 0 Å². The maximum atomic E-state index is 12.4. The van der Waals surface area contributed by atoms with E-state index in [2.05, 4.69) is 19.9 Å². The average Bonchev–Trinajstić information content (AvgIpc) is 2.66. The summed E-state index contributed by atoms with van der Waals surface area (Å²) in [6.45, 7) is 10.4. The van der Waals surface area contributed by atoms with Gasteiger partial charge in [-0.15, -0.1) is 0 Å². The summed E-state index contributed by atoms with van der Waals surface area (Å²) in [5, 5.41) is 0. The third kappa shape index (κ3) is 4.02. The monoisotopic (exact) mass is 293 g/mol. The maximum absolute atomic E-state index is 12.4. The van der Waals surface area contributed by atoms with Crippen LogP contribution < -0.4 is 0 Å². The lowest BCUT2D eigenvalue weighted by Gasteiger charge is -2.36. The minimum Gasteiger partial charge on any atom is -0.444 e. The van der Waals surface area contributed by atoms with Crippen molar-refractivity contribution < 1.29 is 9.53 Å². The molecule has 1 saturated heterocycles. The Morgan fingerprint density at radius 3 is 2.52 bits per heavy atom. The zero-order valence-electron chi connectivity index (χ0n) is 14.3. The summed E-state index contributed by atoms with van der Waals surface area (Å²) < 4.78 is 5.57. The van der Waals surface area contributed by atoms with Crippen LogP contribution in [0, 0.1) is 5.92 Å². The molecule has 0 aromatic carbocycles. The van der Waals surface area contributed by atoms with Gasteiger partial charge in [-0.05, 0) is 52.4 Å². The van der Waals surface area contributed by atoms with E-state index in [-0.39, 0.29) is 12.1 Å². The fourth-order valence-corrected chi connectivity index (χ4v) is 3.62. The van der Waals surface area contributed by atoms with Gasteiger partial charge in [-0.2, -0.15) is 0 Å². The average molecular weight is 293 g/mol. The minimum atomic E-state index is -0.407. The number of amides is 1. The van der Waals surface area contributed by atoms with Gasteiger partial charge in [0.2, 0.25) is 0 Å². The second kappa shape index (κ2) is 6.41. The van der Waals surface area contributed by atoms with Crippen molar-refractivity contribution in [3.05, 3.63) is 11.6 Å². The second-order valence-electron chi connectivity index (χ2n) is 7.60. The first kappa shape index (κ1) is 16.4. The highest BCUT2D eigenvalue weighted by Crippen LogP contribution is 2.38. The number of nitrogens with zero attached hydrogens (tertiary/aromatic N) is 1.